The lowest BCUT2D eigenvalue weighted by Gasteiger charge is -2.20. The Morgan fingerprint density at radius 3 is 2.76 bits per heavy atom. The maximum atomic E-state index is 13.2. The highest BCUT2D eigenvalue weighted by Crippen LogP contribution is 2.32. The van der Waals surface area contributed by atoms with Crippen LogP contribution in [0, 0.1) is 5.82 Å². The number of imide groups is 1. The minimum absolute atomic E-state index is 0.0589. The minimum atomic E-state index is -1.04. The van der Waals surface area contributed by atoms with Gasteiger partial charge in [-0.3, -0.25) is 9.69 Å². The molecular formula is C15H13FN2O2S. The van der Waals surface area contributed by atoms with Crippen LogP contribution in [0.25, 0.3) is 0 Å². The molecule has 1 fully saturated rings. The first-order chi connectivity index (χ1) is 10.0. The molecule has 6 heteroatoms. The summed E-state index contributed by atoms with van der Waals surface area (Å²) in [6.45, 7) is 1.74. The van der Waals surface area contributed by atoms with Gasteiger partial charge in [-0.2, -0.15) is 0 Å². The van der Waals surface area contributed by atoms with Gasteiger partial charge in [0.2, 0.25) is 0 Å². The van der Waals surface area contributed by atoms with Gasteiger partial charge in [0.05, 0.1) is 6.54 Å². The van der Waals surface area contributed by atoms with Crippen LogP contribution in [-0.2, 0) is 16.9 Å². The molecule has 1 aromatic carbocycles. The van der Waals surface area contributed by atoms with E-state index in [0.29, 0.717) is 5.56 Å². The Morgan fingerprint density at radius 2 is 2.10 bits per heavy atom. The zero-order valence-corrected chi connectivity index (χ0v) is 12.1. The molecule has 0 radical (unpaired) electrons. The summed E-state index contributed by atoms with van der Waals surface area (Å²) in [5, 5.41) is 4.58. The number of amides is 3. The Balaban J connectivity index is 1.88. The number of rotatable bonds is 3. The predicted octanol–water partition coefficient (Wildman–Crippen LogP) is 2.85. The average Bonchev–Trinajstić information content (AvgIpc) is 3.04. The van der Waals surface area contributed by atoms with Gasteiger partial charge in [0, 0.05) is 4.88 Å². The highest BCUT2D eigenvalue weighted by molar-refractivity contribution is 7.10. The number of benzene rings is 1. The van der Waals surface area contributed by atoms with Crippen molar-refractivity contribution in [2.75, 3.05) is 0 Å². The Bertz CT molecular complexity index is 701. The first kappa shape index (κ1) is 13.8. The van der Waals surface area contributed by atoms with Crippen LogP contribution >= 0.6 is 11.3 Å². The van der Waals surface area contributed by atoms with E-state index in [9.17, 15) is 14.0 Å². The van der Waals surface area contributed by atoms with E-state index < -0.39 is 11.6 Å². The highest BCUT2D eigenvalue weighted by Gasteiger charge is 2.49. The molecule has 3 rings (SSSR count). The van der Waals surface area contributed by atoms with Crippen LogP contribution < -0.4 is 5.32 Å². The Hall–Kier alpha value is -2.21. The molecule has 0 unspecified atom stereocenters. The van der Waals surface area contributed by atoms with Gasteiger partial charge in [0.15, 0.2) is 5.54 Å². The van der Waals surface area contributed by atoms with Crippen molar-refractivity contribution in [2.24, 2.45) is 0 Å². The van der Waals surface area contributed by atoms with Crippen molar-refractivity contribution in [3.63, 3.8) is 0 Å². The van der Waals surface area contributed by atoms with Crippen LogP contribution in [0.1, 0.15) is 17.4 Å². The largest absolute Gasteiger partial charge is 0.325 e. The average molecular weight is 304 g/mol. The van der Waals surface area contributed by atoms with Crippen LogP contribution in [0.2, 0.25) is 0 Å². The van der Waals surface area contributed by atoms with Gasteiger partial charge in [0.25, 0.3) is 5.91 Å². The van der Waals surface area contributed by atoms with E-state index in [1.54, 1.807) is 19.1 Å². The van der Waals surface area contributed by atoms with Crippen molar-refractivity contribution in [3.05, 3.63) is 58.0 Å². The van der Waals surface area contributed by atoms with Crippen LogP contribution in [-0.4, -0.2) is 16.8 Å². The van der Waals surface area contributed by atoms with Gasteiger partial charge in [-0.1, -0.05) is 18.2 Å². The fourth-order valence-electron chi connectivity index (χ4n) is 2.39. The summed E-state index contributed by atoms with van der Waals surface area (Å²) in [6.07, 6.45) is 0. The number of carbonyl (C=O) groups is 2. The molecule has 0 aliphatic carbocycles. The van der Waals surface area contributed by atoms with Crippen molar-refractivity contribution in [2.45, 2.75) is 19.0 Å². The molecule has 0 saturated carbocycles. The van der Waals surface area contributed by atoms with Crippen LogP contribution in [0.5, 0.6) is 0 Å². The standard InChI is InChI=1S/C15H13FN2O2S/c1-15(12-6-3-7-21-12)13(19)18(14(20)17-15)9-10-4-2-5-11(16)8-10/h2-8H,9H2,1H3,(H,17,20)/t15-/m1/s1. The van der Waals surface area contributed by atoms with E-state index in [4.69, 9.17) is 0 Å². The number of urea groups is 1. The van der Waals surface area contributed by atoms with E-state index >= 15 is 0 Å². The van der Waals surface area contributed by atoms with Gasteiger partial charge in [0.1, 0.15) is 5.82 Å². The molecule has 1 saturated heterocycles. The second kappa shape index (κ2) is 4.96. The molecule has 2 aromatic rings. The second-order valence-corrected chi connectivity index (χ2v) is 6.00. The third-order valence-electron chi connectivity index (χ3n) is 3.52. The Morgan fingerprint density at radius 1 is 1.29 bits per heavy atom. The molecule has 0 spiro atoms. The van der Waals surface area contributed by atoms with E-state index in [2.05, 4.69) is 5.32 Å². The number of hydrogen-bond acceptors (Lipinski definition) is 3. The van der Waals surface area contributed by atoms with E-state index in [-0.39, 0.29) is 18.3 Å². The first-order valence-electron chi connectivity index (χ1n) is 6.43. The van der Waals surface area contributed by atoms with Crippen molar-refractivity contribution >= 4 is 23.3 Å². The number of carbonyl (C=O) groups excluding carboxylic acids is 2. The smallest absolute Gasteiger partial charge is 0.319 e. The van der Waals surface area contributed by atoms with E-state index in [1.807, 2.05) is 17.5 Å². The molecule has 108 valence electrons. The second-order valence-electron chi connectivity index (χ2n) is 5.05. The Kier molecular flexibility index (Phi) is 3.25. The zero-order valence-electron chi connectivity index (χ0n) is 11.3. The van der Waals surface area contributed by atoms with Crippen LogP contribution in [0.4, 0.5) is 9.18 Å². The topological polar surface area (TPSA) is 49.4 Å². The summed E-state index contributed by atoms with van der Waals surface area (Å²) in [4.78, 5) is 26.6. The van der Waals surface area contributed by atoms with Crippen molar-refractivity contribution in [1.29, 1.82) is 0 Å². The Labute approximate surface area is 125 Å². The van der Waals surface area contributed by atoms with Crippen molar-refractivity contribution in [3.8, 4) is 0 Å². The monoisotopic (exact) mass is 304 g/mol. The maximum absolute atomic E-state index is 13.2. The number of thiophene rings is 1. The summed E-state index contributed by atoms with van der Waals surface area (Å²) in [7, 11) is 0. The molecule has 1 aromatic heterocycles. The lowest BCUT2D eigenvalue weighted by Crippen LogP contribution is -2.40. The zero-order chi connectivity index (χ0) is 15.0. The number of nitrogens with one attached hydrogen (secondary N) is 1. The van der Waals surface area contributed by atoms with E-state index in [1.165, 1.54) is 23.5 Å². The highest BCUT2D eigenvalue weighted by atomic mass is 32.1. The number of halogens is 1. The third-order valence-corrected chi connectivity index (χ3v) is 4.61. The quantitative estimate of drug-likeness (QED) is 0.887. The molecule has 4 nitrogen and oxygen atoms in total. The molecular weight excluding hydrogens is 291 g/mol. The molecule has 1 N–H and O–H groups in total. The molecule has 0 bridgehead atoms. The molecule has 1 aliphatic heterocycles. The van der Waals surface area contributed by atoms with Gasteiger partial charge >= 0.3 is 6.03 Å². The number of nitrogens with zero attached hydrogens (tertiary/aromatic N) is 1. The summed E-state index contributed by atoms with van der Waals surface area (Å²) >= 11 is 1.41. The normalized spacial score (nSPS) is 21.7. The molecule has 3 amide bonds. The SMILES string of the molecule is C[C@]1(c2cccs2)NC(=O)N(Cc2cccc(F)c2)C1=O. The van der Waals surface area contributed by atoms with Gasteiger partial charge < -0.3 is 5.32 Å². The summed E-state index contributed by atoms with van der Waals surface area (Å²) in [6, 6.07) is 9.08. The fraction of sp³-hybridized carbons (Fsp3) is 0.200. The lowest BCUT2D eigenvalue weighted by atomic mass is 10.0. The maximum Gasteiger partial charge on any atom is 0.325 e. The van der Waals surface area contributed by atoms with Gasteiger partial charge in [-0.15, -0.1) is 11.3 Å². The van der Waals surface area contributed by atoms with Crippen molar-refractivity contribution in [1.82, 2.24) is 10.2 Å². The fourth-order valence-corrected chi connectivity index (χ4v) is 3.22. The predicted molar refractivity (Wildman–Crippen MR) is 77.2 cm³/mol. The molecule has 2 heterocycles. The van der Waals surface area contributed by atoms with E-state index in [0.717, 1.165) is 9.78 Å². The number of hydrogen-bond donors (Lipinski definition) is 1. The van der Waals surface area contributed by atoms with Gasteiger partial charge in [-0.25, -0.2) is 9.18 Å². The van der Waals surface area contributed by atoms with Crippen LogP contribution in [0.3, 0.4) is 0 Å². The molecule has 21 heavy (non-hydrogen) atoms. The summed E-state index contributed by atoms with van der Waals surface area (Å²) in [5.41, 5.74) is -0.465. The summed E-state index contributed by atoms with van der Waals surface area (Å²) in [5.74, 6) is -0.709. The van der Waals surface area contributed by atoms with Crippen molar-refractivity contribution < 1.29 is 14.0 Å². The van der Waals surface area contributed by atoms with Gasteiger partial charge in [-0.05, 0) is 36.1 Å². The van der Waals surface area contributed by atoms with Crippen LogP contribution in [0.15, 0.2) is 41.8 Å². The molecule has 1 aliphatic rings. The summed E-state index contributed by atoms with van der Waals surface area (Å²) < 4.78 is 13.2. The first-order valence-corrected chi connectivity index (χ1v) is 7.31. The lowest BCUT2D eigenvalue weighted by molar-refractivity contribution is -0.131. The third kappa shape index (κ3) is 2.31. The molecule has 1 atom stereocenters. The minimum Gasteiger partial charge on any atom is -0.319 e.